The standard InChI is InChI=1S/C16H28/c1-6-9-15(4)12-8-13-16(5)11-7-10-14(2)3/h7,10-11,13,15H,6,8-9,12H2,1-5H3/b11-7+,16-13+. The molecule has 0 nitrogen and oxygen atoms in total. The fourth-order valence-corrected chi connectivity index (χ4v) is 1.69. The Morgan fingerprint density at radius 2 is 1.81 bits per heavy atom. The first-order valence-electron chi connectivity index (χ1n) is 6.54. The molecule has 0 heteroatoms. The molecule has 16 heavy (non-hydrogen) atoms. The van der Waals surface area contributed by atoms with Crippen LogP contribution in [0.15, 0.2) is 35.5 Å². The average molecular weight is 220 g/mol. The predicted molar refractivity (Wildman–Crippen MR) is 75.6 cm³/mol. The van der Waals surface area contributed by atoms with Crippen molar-refractivity contribution in [3.05, 3.63) is 35.5 Å². The summed E-state index contributed by atoms with van der Waals surface area (Å²) in [6.07, 6.45) is 14.0. The van der Waals surface area contributed by atoms with Gasteiger partial charge in [0.1, 0.15) is 0 Å². The van der Waals surface area contributed by atoms with Crippen LogP contribution in [0.25, 0.3) is 0 Å². The third-order valence-electron chi connectivity index (χ3n) is 2.70. The van der Waals surface area contributed by atoms with E-state index in [1.54, 1.807) is 0 Å². The van der Waals surface area contributed by atoms with Crippen molar-refractivity contribution in [2.45, 2.75) is 60.3 Å². The van der Waals surface area contributed by atoms with Gasteiger partial charge >= 0.3 is 0 Å². The lowest BCUT2D eigenvalue weighted by atomic mass is 9.99. The molecule has 0 saturated heterocycles. The highest BCUT2D eigenvalue weighted by molar-refractivity contribution is 5.21. The topological polar surface area (TPSA) is 0 Å². The normalized spacial score (nSPS) is 14.2. The molecule has 0 rings (SSSR count). The summed E-state index contributed by atoms with van der Waals surface area (Å²) in [6.45, 7) is 11.0. The second-order valence-electron chi connectivity index (χ2n) is 5.02. The van der Waals surface area contributed by atoms with Gasteiger partial charge in [-0.25, -0.2) is 0 Å². The Morgan fingerprint density at radius 1 is 1.12 bits per heavy atom. The molecule has 0 saturated carbocycles. The monoisotopic (exact) mass is 220 g/mol. The molecule has 0 spiro atoms. The third-order valence-corrected chi connectivity index (χ3v) is 2.70. The van der Waals surface area contributed by atoms with Crippen LogP contribution in [0.5, 0.6) is 0 Å². The highest BCUT2D eigenvalue weighted by atomic mass is 14.0. The van der Waals surface area contributed by atoms with E-state index >= 15 is 0 Å². The molecule has 1 atom stereocenters. The Bertz CT molecular complexity index is 249. The molecule has 0 heterocycles. The van der Waals surface area contributed by atoms with Gasteiger partial charge in [-0.2, -0.15) is 0 Å². The van der Waals surface area contributed by atoms with E-state index < -0.39 is 0 Å². The average Bonchev–Trinajstić information content (AvgIpc) is 2.17. The van der Waals surface area contributed by atoms with Crippen LogP contribution in [0.1, 0.15) is 60.3 Å². The molecule has 0 amide bonds. The van der Waals surface area contributed by atoms with Crippen molar-refractivity contribution in [1.82, 2.24) is 0 Å². The lowest BCUT2D eigenvalue weighted by molar-refractivity contribution is 0.490. The van der Waals surface area contributed by atoms with E-state index in [-0.39, 0.29) is 0 Å². The summed E-state index contributed by atoms with van der Waals surface area (Å²) in [5.74, 6) is 0.871. The van der Waals surface area contributed by atoms with Crippen molar-refractivity contribution in [2.75, 3.05) is 0 Å². The van der Waals surface area contributed by atoms with E-state index in [1.165, 1.54) is 36.8 Å². The van der Waals surface area contributed by atoms with Crippen molar-refractivity contribution < 1.29 is 0 Å². The van der Waals surface area contributed by atoms with Crippen molar-refractivity contribution in [3.63, 3.8) is 0 Å². The fraction of sp³-hybridized carbons (Fsp3) is 0.625. The summed E-state index contributed by atoms with van der Waals surface area (Å²) >= 11 is 0. The van der Waals surface area contributed by atoms with Gasteiger partial charge in [-0.3, -0.25) is 0 Å². The fourth-order valence-electron chi connectivity index (χ4n) is 1.69. The Hall–Kier alpha value is -0.780. The second-order valence-corrected chi connectivity index (χ2v) is 5.02. The highest BCUT2D eigenvalue weighted by Crippen LogP contribution is 2.13. The van der Waals surface area contributed by atoms with Gasteiger partial charge in [0.05, 0.1) is 0 Å². The van der Waals surface area contributed by atoms with Crippen LogP contribution < -0.4 is 0 Å². The van der Waals surface area contributed by atoms with Crippen LogP contribution in [0.2, 0.25) is 0 Å². The largest absolute Gasteiger partial charge is 0.0816 e. The maximum Gasteiger partial charge on any atom is -0.0342 e. The van der Waals surface area contributed by atoms with E-state index in [4.69, 9.17) is 0 Å². The molecule has 0 aliphatic rings. The van der Waals surface area contributed by atoms with Crippen LogP contribution in [0.3, 0.4) is 0 Å². The zero-order chi connectivity index (χ0) is 12.4. The lowest BCUT2D eigenvalue weighted by Gasteiger charge is -2.07. The quantitative estimate of drug-likeness (QED) is 0.485. The van der Waals surface area contributed by atoms with E-state index in [9.17, 15) is 0 Å². The minimum Gasteiger partial charge on any atom is -0.0816 e. The van der Waals surface area contributed by atoms with E-state index in [0.29, 0.717) is 0 Å². The first-order chi connectivity index (χ1) is 7.56. The first kappa shape index (κ1) is 15.2. The molecule has 0 aliphatic carbocycles. The number of hydrogen-bond donors (Lipinski definition) is 0. The minimum atomic E-state index is 0.871. The second kappa shape index (κ2) is 9.45. The highest BCUT2D eigenvalue weighted by Gasteiger charge is 1.97. The molecule has 0 aromatic heterocycles. The maximum absolute atomic E-state index is 2.35. The molecule has 0 bridgehead atoms. The van der Waals surface area contributed by atoms with Gasteiger partial charge in [0, 0.05) is 0 Å². The van der Waals surface area contributed by atoms with Crippen LogP contribution in [-0.2, 0) is 0 Å². The molecule has 0 aromatic carbocycles. The van der Waals surface area contributed by atoms with Gasteiger partial charge in [0.2, 0.25) is 0 Å². The lowest BCUT2D eigenvalue weighted by Crippen LogP contribution is -1.92. The first-order valence-corrected chi connectivity index (χ1v) is 6.54. The molecule has 1 unspecified atom stereocenters. The van der Waals surface area contributed by atoms with E-state index in [0.717, 1.165) is 5.92 Å². The van der Waals surface area contributed by atoms with Gasteiger partial charge in [-0.15, -0.1) is 0 Å². The number of rotatable bonds is 7. The van der Waals surface area contributed by atoms with Crippen LogP contribution >= 0.6 is 0 Å². The maximum atomic E-state index is 2.35. The molecule has 0 radical (unpaired) electrons. The summed E-state index contributed by atoms with van der Waals surface area (Å²) in [4.78, 5) is 0. The summed E-state index contributed by atoms with van der Waals surface area (Å²) < 4.78 is 0. The van der Waals surface area contributed by atoms with Gasteiger partial charge < -0.3 is 0 Å². The SMILES string of the molecule is CCCC(C)CC/C=C(C)/C=C/C=C(C)C. The van der Waals surface area contributed by atoms with Crippen molar-refractivity contribution >= 4 is 0 Å². The van der Waals surface area contributed by atoms with Gasteiger partial charge in [0.15, 0.2) is 0 Å². The summed E-state index contributed by atoms with van der Waals surface area (Å²) in [6, 6.07) is 0. The van der Waals surface area contributed by atoms with Crippen molar-refractivity contribution in [3.8, 4) is 0 Å². The summed E-state index contributed by atoms with van der Waals surface area (Å²) in [7, 11) is 0. The summed E-state index contributed by atoms with van der Waals surface area (Å²) in [5.41, 5.74) is 2.72. The van der Waals surface area contributed by atoms with Crippen LogP contribution in [0.4, 0.5) is 0 Å². The number of allylic oxidation sites excluding steroid dienone is 6. The van der Waals surface area contributed by atoms with Gasteiger partial charge in [-0.05, 0) is 39.5 Å². The molecular formula is C16H28. The molecule has 0 N–H and O–H groups in total. The van der Waals surface area contributed by atoms with Crippen LogP contribution in [0, 0.1) is 5.92 Å². The number of hydrogen-bond acceptors (Lipinski definition) is 0. The molecular weight excluding hydrogens is 192 g/mol. The molecule has 0 aliphatic heterocycles. The van der Waals surface area contributed by atoms with Crippen molar-refractivity contribution in [2.24, 2.45) is 5.92 Å². The zero-order valence-electron chi connectivity index (χ0n) is 11.7. The van der Waals surface area contributed by atoms with Gasteiger partial charge in [0.25, 0.3) is 0 Å². The van der Waals surface area contributed by atoms with E-state index in [2.05, 4.69) is 58.9 Å². The smallest absolute Gasteiger partial charge is 0.0342 e. The Labute approximate surface area is 102 Å². The molecule has 92 valence electrons. The minimum absolute atomic E-state index is 0.871. The molecule has 0 fully saturated rings. The third kappa shape index (κ3) is 9.76. The summed E-state index contributed by atoms with van der Waals surface area (Å²) in [5, 5.41) is 0. The Morgan fingerprint density at radius 3 is 2.38 bits per heavy atom. The van der Waals surface area contributed by atoms with Crippen LogP contribution in [-0.4, -0.2) is 0 Å². The Balaban J connectivity index is 3.87. The van der Waals surface area contributed by atoms with E-state index in [1.807, 2.05) is 0 Å². The predicted octanol–water partition coefficient (Wildman–Crippen LogP) is 5.67. The zero-order valence-corrected chi connectivity index (χ0v) is 11.7. The molecule has 0 aromatic rings. The Kier molecular flexibility index (Phi) is 8.99. The van der Waals surface area contributed by atoms with Crippen molar-refractivity contribution in [1.29, 1.82) is 0 Å². The van der Waals surface area contributed by atoms with Gasteiger partial charge in [-0.1, -0.05) is 62.1 Å².